The van der Waals surface area contributed by atoms with Crippen molar-refractivity contribution in [2.75, 3.05) is 0 Å². The molecule has 5 heteroatoms. The van der Waals surface area contributed by atoms with Crippen LogP contribution in [0.15, 0.2) is 18.2 Å². The van der Waals surface area contributed by atoms with E-state index in [-0.39, 0.29) is 0 Å². The van der Waals surface area contributed by atoms with E-state index >= 15 is 0 Å². The molecule has 0 aromatic heterocycles. The Morgan fingerprint density at radius 1 is 1.07 bits per heavy atom. The van der Waals surface area contributed by atoms with Gasteiger partial charge in [0.05, 0.1) is 0 Å². The second kappa shape index (κ2) is 9.86. The zero-order valence-electron chi connectivity index (χ0n) is 8.50. The topological polar surface area (TPSA) is 102 Å². The molecule has 1 aromatic rings. The van der Waals surface area contributed by atoms with Crippen LogP contribution in [-0.2, 0) is 9.59 Å². The third-order valence-corrected chi connectivity index (χ3v) is 1.44. The Kier molecular flexibility index (Phi) is 10.0. The maximum absolute atomic E-state index is 9.21. The summed E-state index contributed by atoms with van der Waals surface area (Å²) < 4.78 is 0. The largest absolute Gasteiger partial charge is 0.507 e. The van der Waals surface area contributed by atoms with E-state index < -0.39 is 0 Å². The molecule has 0 heterocycles. The smallest absolute Gasteiger partial charge is 0.231 e. The number of isocyanates is 2. The average Bonchev–Trinajstić information content (AvgIpc) is 2.17. The van der Waals surface area contributed by atoms with Crippen LogP contribution in [0.5, 0.6) is 5.75 Å². The predicted octanol–water partition coefficient (Wildman–Crippen LogP) is 1.81. The van der Waals surface area contributed by atoms with Gasteiger partial charge >= 0.3 is 0 Å². The third-order valence-electron chi connectivity index (χ3n) is 1.44. The van der Waals surface area contributed by atoms with Gasteiger partial charge in [0.15, 0.2) is 0 Å². The van der Waals surface area contributed by atoms with Gasteiger partial charge in [-0.2, -0.15) is 0 Å². The molecule has 1 rings (SSSR count). The number of hydrogen-bond acceptors (Lipinski definition) is 5. The van der Waals surface area contributed by atoms with Crippen LogP contribution < -0.4 is 0 Å². The fourth-order valence-electron chi connectivity index (χ4n) is 0.806. The van der Waals surface area contributed by atoms with Gasteiger partial charge < -0.3 is 5.11 Å². The number of phenolic OH excluding ortho intramolecular Hbond substituents is 1. The number of aromatic hydroxyl groups is 1. The normalized spacial score (nSPS) is 6.80. The van der Waals surface area contributed by atoms with E-state index in [1.165, 1.54) is 0 Å². The van der Waals surface area contributed by atoms with Crippen molar-refractivity contribution in [1.82, 2.24) is 0 Å². The lowest BCUT2D eigenvalue weighted by molar-refractivity contribution is 0.467. The van der Waals surface area contributed by atoms with Crippen molar-refractivity contribution in [3.63, 3.8) is 0 Å². The van der Waals surface area contributed by atoms with E-state index in [2.05, 4.69) is 0 Å². The summed E-state index contributed by atoms with van der Waals surface area (Å²) in [6.07, 6.45) is 1.50. The number of hydrogen-bond donors (Lipinski definition) is 3. The van der Waals surface area contributed by atoms with E-state index in [1.54, 1.807) is 0 Å². The lowest BCUT2D eigenvalue weighted by Crippen LogP contribution is -1.76. The maximum Gasteiger partial charge on any atom is 0.231 e. The van der Waals surface area contributed by atoms with E-state index in [0.29, 0.717) is 5.75 Å². The van der Waals surface area contributed by atoms with Gasteiger partial charge in [0.25, 0.3) is 0 Å². The molecule has 0 saturated carbocycles. The van der Waals surface area contributed by atoms with Crippen LogP contribution >= 0.6 is 0 Å². The van der Waals surface area contributed by atoms with Crippen LogP contribution in [-0.4, -0.2) is 17.3 Å². The summed E-state index contributed by atoms with van der Waals surface area (Å²) in [5, 5.41) is 20.0. The molecule has 0 aliphatic rings. The van der Waals surface area contributed by atoms with Crippen molar-refractivity contribution in [1.29, 1.82) is 10.8 Å². The molecule has 0 atom stereocenters. The second-order valence-corrected chi connectivity index (χ2v) is 2.44. The summed E-state index contributed by atoms with van der Waals surface area (Å²) in [6.45, 7) is 3.78. The maximum atomic E-state index is 9.21. The average molecular weight is 208 g/mol. The molecule has 0 amide bonds. The first kappa shape index (κ1) is 15.3. The monoisotopic (exact) mass is 208 g/mol. The Morgan fingerprint density at radius 2 is 1.33 bits per heavy atom. The predicted molar refractivity (Wildman–Crippen MR) is 54.4 cm³/mol. The molecule has 15 heavy (non-hydrogen) atoms. The van der Waals surface area contributed by atoms with Crippen LogP contribution in [0.4, 0.5) is 0 Å². The SMILES string of the molecule is Cc1cccc(C)c1O.N=C=O.N=C=O. The third kappa shape index (κ3) is 8.12. The molecule has 0 radical (unpaired) electrons. The highest BCUT2D eigenvalue weighted by Gasteiger charge is 1.95. The molecule has 80 valence electrons. The molecule has 3 N–H and O–H groups in total. The first-order valence-corrected chi connectivity index (χ1v) is 3.88. The highest BCUT2D eigenvalue weighted by atomic mass is 16.3. The van der Waals surface area contributed by atoms with Crippen molar-refractivity contribution < 1.29 is 14.7 Å². The van der Waals surface area contributed by atoms with Crippen molar-refractivity contribution in [3.05, 3.63) is 29.3 Å². The van der Waals surface area contributed by atoms with Crippen molar-refractivity contribution in [2.24, 2.45) is 0 Å². The van der Waals surface area contributed by atoms with Gasteiger partial charge in [-0.3, -0.25) is 0 Å². The van der Waals surface area contributed by atoms with Crippen LogP contribution in [0.2, 0.25) is 0 Å². The molecule has 0 unspecified atom stereocenters. The minimum absolute atomic E-state index is 0.414. The number of para-hydroxylation sites is 1. The van der Waals surface area contributed by atoms with E-state index in [9.17, 15) is 5.11 Å². The van der Waals surface area contributed by atoms with Gasteiger partial charge in [0.1, 0.15) is 5.75 Å². The van der Waals surface area contributed by atoms with Gasteiger partial charge in [-0.1, -0.05) is 18.2 Å². The first-order valence-electron chi connectivity index (χ1n) is 3.88. The summed E-state index contributed by atoms with van der Waals surface area (Å²) in [6, 6.07) is 5.72. The highest BCUT2D eigenvalue weighted by molar-refractivity contribution is 5.37. The molecule has 5 nitrogen and oxygen atoms in total. The summed E-state index contributed by atoms with van der Waals surface area (Å²) in [4.78, 5) is 16.7. The number of nitrogens with one attached hydrogen (secondary N) is 2. The summed E-state index contributed by atoms with van der Waals surface area (Å²) >= 11 is 0. The van der Waals surface area contributed by atoms with Crippen molar-refractivity contribution >= 4 is 12.2 Å². The van der Waals surface area contributed by atoms with Gasteiger partial charge in [-0.15, -0.1) is 0 Å². The number of benzene rings is 1. The lowest BCUT2D eigenvalue weighted by atomic mass is 10.1. The molecule has 0 aliphatic heterocycles. The molecule has 0 aliphatic carbocycles. The number of rotatable bonds is 0. The molecule has 1 aromatic carbocycles. The van der Waals surface area contributed by atoms with Gasteiger partial charge in [0.2, 0.25) is 12.2 Å². The quantitative estimate of drug-likeness (QED) is 0.447. The molecule has 0 bridgehead atoms. The fraction of sp³-hybridized carbons (Fsp3) is 0.200. The summed E-state index contributed by atoms with van der Waals surface area (Å²) in [5.41, 5.74) is 1.88. The fourth-order valence-corrected chi connectivity index (χ4v) is 0.806. The van der Waals surface area contributed by atoms with E-state index in [0.717, 1.165) is 23.3 Å². The Hall–Kier alpha value is -2.22. The van der Waals surface area contributed by atoms with Crippen molar-refractivity contribution in [3.8, 4) is 5.75 Å². The summed E-state index contributed by atoms with van der Waals surface area (Å²) in [7, 11) is 0. The summed E-state index contributed by atoms with van der Waals surface area (Å²) in [5.74, 6) is 0.414. The van der Waals surface area contributed by atoms with Gasteiger partial charge in [-0.05, 0) is 25.0 Å². The molecular weight excluding hydrogens is 196 g/mol. The first-order chi connectivity index (χ1) is 7.04. The second-order valence-electron chi connectivity index (χ2n) is 2.44. The molecule has 0 fully saturated rings. The Labute approximate surface area is 87.4 Å². The highest BCUT2D eigenvalue weighted by Crippen LogP contribution is 2.19. The van der Waals surface area contributed by atoms with Gasteiger partial charge in [0, 0.05) is 0 Å². The Morgan fingerprint density at radius 3 is 1.53 bits per heavy atom. The van der Waals surface area contributed by atoms with Crippen LogP contribution in [0.3, 0.4) is 0 Å². The van der Waals surface area contributed by atoms with Crippen molar-refractivity contribution in [2.45, 2.75) is 13.8 Å². The van der Waals surface area contributed by atoms with Crippen LogP contribution in [0, 0.1) is 24.7 Å². The van der Waals surface area contributed by atoms with E-state index in [1.807, 2.05) is 32.0 Å². The zero-order chi connectivity index (χ0) is 12.3. The van der Waals surface area contributed by atoms with Crippen LogP contribution in [0.1, 0.15) is 11.1 Å². The van der Waals surface area contributed by atoms with Crippen LogP contribution in [0.25, 0.3) is 0 Å². The zero-order valence-corrected chi connectivity index (χ0v) is 8.50. The number of phenols is 1. The van der Waals surface area contributed by atoms with E-state index in [4.69, 9.17) is 20.4 Å². The lowest BCUT2D eigenvalue weighted by Gasteiger charge is -1.99. The molecule has 0 saturated heterocycles. The number of aryl methyl sites for hydroxylation is 2. The standard InChI is InChI=1S/C8H10O.2CHNO/c1-6-4-3-5-7(2)8(6)9;2*2-1-3/h3-5,9H,1-2H3;2*2H. The Bertz CT molecular complexity index is 331. The Balaban J connectivity index is 0. The minimum atomic E-state index is 0.414. The number of carbonyl (C=O) groups excluding carboxylic acids is 2. The van der Waals surface area contributed by atoms with Gasteiger partial charge in [-0.25, -0.2) is 20.4 Å². The minimum Gasteiger partial charge on any atom is -0.507 e. The molecular formula is C10H12N2O3. The molecule has 0 spiro atoms.